The number of nitrogens with zero attached hydrogens (tertiary/aromatic N) is 1. The number of aromatic nitrogens is 1. The van der Waals surface area contributed by atoms with Crippen LogP contribution in [0.5, 0.6) is 0 Å². The zero-order valence-electron chi connectivity index (χ0n) is 14.0. The van der Waals surface area contributed by atoms with Crippen LogP contribution < -0.4 is 4.57 Å². The molecule has 122 valence electrons. The molecule has 4 nitrogen and oxygen atoms in total. The molecule has 0 atom stereocenters. The molecule has 0 bridgehead atoms. The Labute approximate surface area is 140 Å². The van der Waals surface area contributed by atoms with Crippen molar-refractivity contribution in [2.75, 3.05) is 20.3 Å². The fourth-order valence-corrected chi connectivity index (χ4v) is 4.12. The lowest BCUT2D eigenvalue weighted by Crippen LogP contribution is -2.62. The lowest BCUT2D eigenvalue weighted by molar-refractivity contribution is -0.891. The minimum absolute atomic E-state index is 0.491. The van der Waals surface area contributed by atoms with E-state index in [9.17, 15) is 0 Å². The average Bonchev–Trinajstić information content (AvgIpc) is 2.91. The second kappa shape index (κ2) is 6.53. The second-order valence-corrected chi connectivity index (χ2v) is 6.39. The molecule has 0 spiro atoms. The van der Waals surface area contributed by atoms with Gasteiger partial charge in [0.2, 0.25) is 10.5 Å². The third-order valence-corrected chi connectivity index (χ3v) is 4.96. The van der Waals surface area contributed by atoms with Crippen LogP contribution >= 0.6 is 11.3 Å². The van der Waals surface area contributed by atoms with Crippen molar-refractivity contribution >= 4 is 32.3 Å². The minimum atomic E-state index is -1.23. The van der Waals surface area contributed by atoms with Crippen molar-refractivity contribution < 1.29 is 18.8 Å². The van der Waals surface area contributed by atoms with E-state index >= 15 is 0 Å². The molecule has 2 aromatic carbocycles. The highest BCUT2D eigenvalue weighted by Gasteiger charge is 2.48. The van der Waals surface area contributed by atoms with Crippen LogP contribution in [0.3, 0.4) is 0 Å². The SMILES string of the molecule is CCOC(OC)(OCC)[n+]1c(C)sc2c3ccccc3ccc21. The van der Waals surface area contributed by atoms with Crippen molar-refractivity contribution in [1.29, 1.82) is 0 Å². The molecule has 0 radical (unpaired) electrons. The highest BCUT2D eigenvalue weighted by atomic mass is 32.1. The predicted octanol–water partition coefficient (Wildman–Crippen LogP) is 3.94. The van der Waals surface area contributed by atoms with E-state index in [0.29, 0.717) is 13.2 Å². The monoisotopic (exact) mass is 332 g/mol. The minimum Gasteiger partial charge on any atom is -0.272 e. The van der Waals surface area contributed by atoms with E-state index in [4.69, 9.17) is 14.2 Å². The molecule has 0 aliphatic rings. The maximum Gasteiger partial charge on any atom is 0.526 e. The zero-order valence-corrected chi connectivity index (χ0v) is 14.8. The molecule has 5 heteroatoms. The van der Waals surface area contributed by atoms with Crippen LogP contribution in [0.15, 0.2) is 36.4 Å². The summed E-state index contributed by atoms with van der Waals surface area (Å²) in [5, 5.41) is 3.53. The summed E-state index contributed by atoms with van der Waals surface area (Å²) in [6.07, 6.45) is -1.23. The average molecular weight is 332 g/mol. The van der Waals surface area contributed by atoms with Crippen LogP contribution in [0.25, 0.3) is 21.0 Å². The third-order valence-electron chi connectivity index (χ3n) is 3.85. The van der Waals surface area contributed by atoms with E-state index in [1.54, 1.807) is 18.4 Å². The molecule has 1 aromatic heterocycles. The van der Waals surface area contributed by atoms with Crippen LogP contribution in [0.2, 0.25) is 0 Å². The Hall–Kier alpha value is -1.53. The van der Waals surface area contributed by atoms with Gasteiger partial charge in [-0.15, -0.1) is 4.57 Å². The lowest BCUT2D eigenvalue weighted by Gasteiger charge is -2.24. The molecule has 3 rings (SSSR count). The van der Waals surface area contributed by atoms with Crippen molar-refractivity contribution in [1.82, 2.24) is 0 Å². The summed E-state index contributed by atoms with van der Waals surface area (Å²) in [6, 6.07) is 12.6. The number of aryl methyl sites for hydroxylation is 1. The van der Waals surface area contributed by atoms with Gasteiger partial charge in [0.25, 0.3) is 0 Å². The maximum absolute atomic E-state index is 5.89. The largest absolute Gasteiger partial charge is 0.526 e. The highest BCUT2D eigenvalue weighted by Crippen LogP contribution is 2.31. The van der Waals surface area contributed by atoms with Crippen molar-refractivity contribution in [3.8, 4) is 0 Å². The fourth-order valence-electron chi connectivity index (χ4n) is 2.96. The number of hydrogen-bond acceptors (Lipinski definition) is 4. The Bertz CT molecular complexity index is 822. The number of fused-ring (bicyclic) bond motifs is 3. The van der Waals surface area contributed by atoms with Crippen LogP contribution in [-0.2, 0) is 20.3 Å². The lowest BCUT2D eigenvalue weighted by atomic mass is 10.1. The van der Waals surface area contributed by atoms with Gasteiger partial charge in [-0.1, -0.05) is 35.6 Å². The summed E-state index contributed by atoms with van der Waals surface area (Å²) in [5.74, 6) is 0. The predicted molar refractivity (Wildman–Crippen MR) is 92.5 cm³/mol. The van der Waals surface area contributed by atoms with E-state index < -0.39 is 6.10 Å². The third kappa shape index (κ3) is 2.64. The first-order chi connectivity index (χ1) is 11.2. The van der Waals surface area contributed by atoms with E-state index in [-0.39, 0.29) is 0 Å². The summed E-state index contributed by atoms with van der Waals surface area (Å²) < 4.78 is 20.7. The van der Waals surface area contributed by atoms with Gasteiger partial charge < -0.3 is 0 Å². The molecular formula is C18H22NO3S+. The van der Waals surface area contributed by atoms with Gasteiger partial charge in [0.05, 0.1) is 13.2 Å². The van der Waals surface area contributed by atoms with Gasteiger partial charge in [-0.05, 0) is 25.3 Å². The molecule has 0 N–H and O–H groups in total. The summed E-state index contributed by atoms with van der Waals surface area (Å²) in [6.45, 7) is 6.92. The summed E-state index contributed by atoms with van der Waals surface area (Å²) in [7, 11) is 1.61. The number of benzene rings is 2. The second-order valence-electron chi connectivity index (χ2n) is 5.19. The topological polar surface area (TPSA) is 31.6 Å². The molecule has 0 aliphatic heterocycles. The van der Waals surface area contributed by atoms with Crippen molar-refractivity contribution in [3.63, 3.8) is 0 Å². The molecule has 0 fully saturated rings. The van der Waals surface area contributed by atoms with Crippen molar-refractivity contribution in [3.05, 3.63) is 41.4 Å². The summed E-state index contributed by atoms with van der Waals surface area (Å²) in [5.41, 5.74) is 1.05. The molecule has 0 unspecified atom stereocenters. The van der Waals surface area contributed by atoms with Gasteiger partial charge in [0.15, 0.2) is 0 Å². The normalized spacial score (nSPS) is 12.3. The zero-order chi connectivity index (χ0) is 16.4. The number of rotatable bonds is 6. The Morgan fingerprint density at radius 1 is 1.04 bits per heavy atom. The van der Waals surface area contributed by atoms with Gasteiger partial charge in [-0.2, -0.15) is 0 Å². The molecule has 1 heterocycles. The van der Waals surface area contributed by atoms with Crippen LogP contribution in [-0.4, -0.2) is 20.3 Å². The Morgan fingerprint density at radius 2 is 1.74 bits per heavy atom. The molecule has 0 saturated heterocycles. The van der Waals surface area contributed by atoms with Gasteiger partial charge in [0.1, 0.15) is 4.70 Å². The number of thiazole rings is 1. The smallest absolute Gasteiger partial charge is 0.272 e. The van der Waals surface area contributed by atoms with Crippen LogP contribution in [0.1, 0.15) is 18.9 Å². The highest BCUT2D eigenvalue weighted by molar-refractivity contribution is 7.19. The van der Waals surface area contributed by atoms with Crippen LogP contribution in [0, 0.1) is 6.92 Å². The number of methoxy groups -OCH3 is 1. The number of hydrogen-bond donors (Lipinski definition) is 0. The Morgan fingerprint density at radius 3 is 2.39 bits per heavy atom. The van der Waals surface area contributed by atoms with Crippen LogP contribution in [0.4, 0.5) is 0 Å². The molecule has 3 aromatic rings. The van der Waals surface area contributed by atoms with Gasteiger partial charge >= 0.3 is 6.10 Å². The molecule has 23 heavy (non-hydrogen) atoms. The summed E-state index contributed by atoms with van der Waals surface area (Å²) in [4.78, 5) is 0. The fraction of sp³-hybridized carbons (Fsp3) is 0.389. The first kappa shape index (κ1) is 16.3. The molecule has 0 saturated carbocycles. The van der Waals surface area contributed by atoms with E-state index in [1.807, 2.05) is 18.4 Å². The van der Waals surface area contributed by atoms with Gasteiger partial charge in [-0.3, -0.25) is 14.2 Å². The molecule has 0 aliphatic carbocycles. The molecular weight excluding hydrogens is 310 g/mol. The summed E-state index contributed by atoms with van der Waals surface area (Å²) >= 11 is 1.73. The van der Waals surface area contributed by atoms with Gasteiger partial charge in [-0.25, -0.2) is 0 Å². The Balaban J connectivity index is 2.31. The van der Waals surface area contributed by atoms with Crippen molar-refractivity contribution in [2.24, 2.45) is 0 Å². The van der Waals surface area contributed by atoms with E-state index in [2.05, 4.69) is 43.3 Å². The molecule has 0 amide bonds. The van der Waals surface area contributed by atoms with E-state index in [1.165, 1.54) is 15.5 Å². The van der Waals surface area contributed by atoms with Gasteiger partial charge in [0, 0.05) is 25.5 Å². The standard InChI is InChI=1S/C18H22NO3S/c1-5-21-18(20-4,22-6-2)19-13(3)23-17-15-10-8-7-9-14(15)11-12-16(17)19/h7-12H,5-6H2,1-4H3/q+1. The maximum atomic E-state index is 5.89. The number of ether oxygens (including phenoxy) is 3. The quantitative estimate of drug-likeness (QED) is 0.506. The van der Waals surface area contributed by atoms with E-state index in [0.717, 1.165) is 10.5 Å². The van der Waals surface area contributed by atoms with Crippen molar-refractivity contribution in [2.45, 2.75) is 26.9 Å². The first-order valence-electron chi connectivity index (χ1n) is 7.83. The first-order valence-corrected chi connectivity index (χ1v) is 8.65. The Kier molecular flexibility index (Phi) is 4.64.